The monoisotopic (exact) mass is 223 g/mol. The second-order valence-electron chi connectivity index (χ2n) is 4.39. The van der Waals surface area contributed by atoms with E-state index >= 15 is 0 Å². The number of rotatable bonds is 5. The topological polar surface area (TPSA) is 62.5 Å². The Hall–Kier alpha value is -1.29. The van der Waals surface area contributed by atoms with Gasteiger partial charge >= 0.3 is 0 Å². The van der Waals surface area contributed by atoms with Gasteiger partial charge in [-0.2, -0.15) is 0 Å². The molecule has 1 amide bonds. The summed E-state index contributed by atoms with van der Waals surface area (Å²) in [5.74, 6) is 1.28. The number of aliphatic hydroxyl groups is 1. The molecule has 1 aromatic rings. The minimum Gasteiger partial charge on any atom is -0.469 e. The third-order valence-corrected chi connectivity index (χ3v) is 2.90. The molecule has 0 saturated heterocycles. The predicted molar refractivity (Wildman–Crippen MR) is 58.9 cm³/mol. The molecule has 1 aliphatic carbocycles. The Balaban J connectivity index is 1.73. The number of amides is 1. The fourth-order valence-corrected chi connectivity index (χ4v) is 1.84. The SMILES string of the molecule is CC(O)CCNC(=O)C1CC1c1ccco1. The van der Waals surface area contributed by atoms with E-state index in [0.29, 0.717) is 13.0 Å². The van der Waals surface area contributed by atoms with Crippen LogP contribution in [0.25, 0.3) is 0 Å². The highest BCUT2D eigenvalue weighted by molar-refractivity contribution is 5.82. The van der Waals surface area contributed by atoms with Gasteiger partial charge in [0.25, 0.3) is 0 Å². The molecule has 4 nitrogen and oxygen atoms in total. The van der Waals surface area contributed by atoms with Crippen molar-refractivity contribution in [2.75, 3.05) is 6.54 Å². The summed E-state index contributed by atoms with van der Waals surface area (Å²) in [7, 11) is 0. The number of hydrogen-bond donors (Lipinski definition) is 2. The largest absolute Gasteiger partial charge is 0.469 e. The molecule has 2 rings (SSSR count). The van der Waals surface area contributed by atoms with Gasteiger partial charge in [0.1, 0.15) is 5.76 Å². The van der Waals surface area contributed by atoms with Gasteiger partial charge in [0, 0.05) is 18.4 Å². The number of hydrogen-bond acceptors (Lipinski definition) is 3. The van der Waals surface area contributed by atoms with Crippen molar-refractivity contribution in [3.05, 3.63) is 24.2 Å². The second-order valence-corrected chi connectivity index (χ2v) is 4.39. The smallest absolute Gasteiger partial charge is 0.223 e. The molecule has 0 bridgehead atoms. The lowest BCUT2D eigenvalue weighted by atomic mass is 10.2. The fraction of sp³-hybridized carbons (Fsp3) is 0.583. The van der Waals surface area contributed by atoms with E-state index in [2.05, 4.69) is 5.32 Å². The minimum absolute atomic E-state index is 0.0557. The summed E-state index contributed by atoms with van der Waals surface area (Å²) >= 11 is 0. The molecule has 0 aliphatic heterocycles. The van der Waals surface area contributed by atoms with Crippen molar-refractivity contribution < 1.29 is 14.3 Å². The first-order chi connectivity index (χ1) is 7.68. The van der Waals surface area contributed by atoms with E-state index < -0.39 is 0 Å². The lowest BCUT2D eigenvalue weighted by Crippen LogP contribution is -2.28. The van der Waals surface area contributed by atoms with Crippen LogP contribution in [0.4, 0.5) is 0 Å². The summed E-state index contributed by atoms with van der Waals surface area (Å²) < 4.78 is 5.26. The normalized spacial score (nSPS) is 25.1. The average molecular weight is 223 g/mol. The average Bonchev–Trinajstić information content (AvgIpc) is 2.85. The molecular formula is C12H17NO3. The molecule has 88 valence electrons. The van der Waals surface area contributed by atoms with Gasteiger partial charge in [-0.3, -0.25) is 4.79 Å². The summed E-state index contributed by atoms with van der Waals surface area (Å²) in [5, 5.41) is 11.9. The number of aliphatic hydroxyl groups excluding tert-OH is 1. The Labute approximate surface area is 94.6 Å². The number of furan rings is 1. The quantitative estimate of drug-likeness (QED) is 0.790. The van der Waals surface area contributed by atoms with Crippen LogP contribution in [0, 0.1) is 5.92 Å². The molecule has 1 heterocycles. The third-order valence-electron chi connectivity index (χ3n) is 2.90. The molecule has 4 heteroatoms. The van der Waals surface area contributed by atoms with Gasteiger partial charge in [-0.05, 0) is 31.9 Å². The van der Waals surface area contributed by atoms with E-state index in [0.717, 1.165) is 12.2 Å². The maximum absolute atomic E-state index is 11.7. The van der Waals surface area contributed by atoms with Crippen LogP contribution in [0.15, 0.2) is 22.8 Å². The molecule has 1 aromatic heterocycles. The molecular weight excluding hydrogens is 206 g/mol. The van der Waals surface area contributed by atoms with Crippen molar-refractivity contribution >= 4 is 5.91 Å². The Morgan fingerprint density at radius 3 is 3.19 bits per heavy atom. The van der Waals surface area contributed by atoms with Gasteiger partial charge in [0.15, 0.2) is 0 Å². The van der Waals surface area contributed by atoms with Crippen molar-refractivity contribution in [1.82, 2.24) is 5.32 Å². The van der Waals surface area contributed by atoms with Crippen molar-refractivity contribution in [3.63, 3.8) is 0 Å². The van der Waals surface area contributed by atoms with Gasteiger partial charge in [-0.15, -0.1) is 0 Å². The number of nitrogens with one attached hydrogen (secondary N) is 1. The lowest BCUT2D eigenvalue weighted by molar-refractivity contribution is -0.122. The molecule has 16 heavy (non-hydrogen) atoms. The van der Waals surface area contributed by atoms with Crippen LogP contribution in [0.2, 0.25) is 0 Å². The van der Waals surface area contributed by atoms with Gasteiger partial charge < -0.3 is 14.8 Å². The van der Waals surface area contributed by atoms with E-state index in [4.69, 9.17) is 9.52 Å². The predicted octanol–water partition coefficient (Wildman–Crippen LogP) is 1.27. The maximum atomic E-state index is 11.7. The van der Waals surface area contributed by atoms with Crippen molar-refractivity contribution in [2.45, 2.75) is 31.8 Å². The maximum Gasteiger partial charge on any atom is 0.223 e. The van der Waals surface area contributed by atoms with Crippen LogP contribution in [0.1, 0.15) is 31.4 Å². The van der Waals surface area contributed by atoms with E-state index in [-0.39, 0.29) is 23.8 Å². The zero-order chi connectivity index (χ0) is 11.5. The van der Waals surface area contributed by atoms with Crippen LogP contribution in [0.5, 0.6) is 0 Å². The number of carbonyl (C=O) groups excluding carboxylic acids is 1. The molecule has 0 radical (unpaired) electrons. The van der Waals surface area contributed by atoms with Crippen LogP contribution in [-0.2, 0) is 4.79 Å². The van der Waals surface area contributed by atoms with Crippen LogP contribution in [0.3, 0.4) is 0 Å². The Bertz CT molecular complexity index is 345. The Kier molecular flexibility index (Phi) is 3.29. The molecule has 3 atom stereocenters. The van der Waals surface area contributed by atoms with Crippen LogP contribution >= 0.6 is 0 Å². The first-order valence-corrected chi connectivity index (χ1v) is 5.67. The summed E-state index contributed by atoms with van der Waals surface area (Å²) in [6.45, 7) is 2.26. The summed E-state index contributed by atoms with van der Waals surface area (Å²) in [6, 6.07) is 3.75. The van der Waals surface area contributed by atoms with E-state index in [1.807, 2.05) is 12.1 Å². The second kappa shape index (κ2) is 4.70. The van der Waals surface area contributed by atoms with Crippen LogP contribution in [-0.4, -0.2) is 23.7 Å². The Morgan fingerprint density at radius 1 is 1.75 bits per heavy atom. The van der Waals surface area contributed by atoms with Crippen molar-refractivity contribution in [1.29, 1.82) is 0 Å². The molecule has 2 N–H and O–H groups in total. The molecule has 3 unspecified atom stereocenters. The van der Waals surface area contributed by atoms with Gasteiger partial charge in [0.05, 0.1) is 12.4 Å². The van der Waals surface area contributed by atoms with Crippen LogP contribution < -0.4 is 5.32 Å². The Morgan fingerprint density at radius 2 is 2.56 bits per heavy atom. The highest BCUT2D eigenvalue weighted by Crippen LogP contribution is 2.47. The summed E-state index contributed by atoms with van der Waals surface area (Å²) in [6.07, 6.45) is 2.74. The van der Waals surface area contributed by atoms with E-state index in [1.54, 1.807) is 13.2 Å². The zero-order valence-corrected chi connectivity index (χ0v) is 9.35. The van der Waals surface area contributed by atoms with Gasteiger partial charge in [-0.1, -0.05) is 0 Å². The van der Waals surface area contributed by atoms with E-state index in [9.17, 15) is 4.79 Å². The van der Waals surface area contributed by atoms with Crippen molar-refractivity contribution in [3.8, 4) is 0 Å². The highest BCUT2D eigenvalue weighted by Gasteiger charge is 2.45. The molecule has 1 saturated carbocycles. The minimum atomic E-state index is -0.361. The molecule has 1 fully saturated rings. The van der Waals surface area contributed by atoms with E-state index in [1.165, 1.54) is 0 Å². The summed E-state index contributed by atoms with van der Waals surface area (Å²) in [4.78, 5) is 11.7. The third kappa shape index (κ3) is 2.64. The first-order valence-electron chi connectivity index (χ1n) is 5.67. The van der Waals surface area contributed by atoms with Crippen molar-refractivity contribution in [2.24, 2.45) is 5.92 Å². The van der Waals surface area contributed by atoms with Gasteiger partial charge in [-0.25, -0.2) is 0 Å². The fourth-order valence-electron chi connectivity index (χ4n) is 1.84. The first kappa shape index (κ1) is 11.2. The standard InChI is InChI=1S/C12H17NO3/c1-8(14)4-5-13-12(15)10-7-9(10)11-3-2-6-16-11/h2-3,6,8-10,14H,4-5,7H2,1H3,(H,13,15). The summed E-state index contributed by atoms with van der Waals surface area (Å²) in [5.41, 5.74) is 0. The zero-order valence-electron chi connectivity index (χ0n) is 9.35. The highest BCUT2D eigenvalue weighted by atomic mass is 16.3. The molecule has 0 aromatic carbocycles. The van der Waals surface area contributed by atoms with Gasteiger partial charge in [0.2, 0.25) is 5.91 Å². The number of carbonyl (C=O) groups is 1. The lowest BCUT2D eigenvalue weighted by Gasteiger charge is -2.05. The molecule has 0 spiro atoms. The molecule has 1 aliphatic rings.